The molecule has 8 aromatic rings. The molecule has 0 amide bonds. The minimum Gasteiger partial charge on any atom is -0.456 e. The monoisotopic (exact) mass is 683 g/mol. The van der Waals surface area contributed by atoms with Gasteiger partial charge in [0.25, 0.3) is 0 Å². The van der Waals surface area contributed by atoms with Crippen molar-refractivity contribution in [2.45, 2.75) is 33.1 Å². The summed E-state index contributed by atoms with van der Waals surface area (Å²) >= 11 is 0. The van der Waals surface area contributed by atoms with E-state index in [2.05, 4.69) is 184 Å². The van der Waals surface area contributed by atoms with Crippen molar-refractivity contribution in [3.8, 4) is 22.3 Å². The predicted octanol–water partition coefficient (Wildman–Crippen LogP) is 14.2. The third kappa shape index (κ3) is 6.32. The quantitative estimate of drug-likeness (QED) is 0.171. The summed E-state index contributed by atoms with van der Waals surface area (Å²) < 4.78 is 6.61. The lowest BCUT2D eigenvalue weighted by molar-refractivity contribution is 0.669. The fourth-order valence-electron chi connectivity index (χ4n) is 8.11. The van der Waals surface area contributed by atoms with E-state index in [1.54, 1.807) is 0 Å². The Hall–Kier alpha value is -6.25. The Kier molecular flexibility index (Phi) is 8.65. The van der Waals surface area contributed by atoms with E-state index in [4.69, 9.17) is 9.41 Å². The lowest BCUT2D eigenvalue weighted by atomic mass is 9.84. The molecule has 1 unspecified atom stereocenters. The Balaban J connectivity index is 1.24. The van der Waals surface area contributed by atoms with Gasteiger partial charge in [0.1, 0.15) is 11.2 Å². The van der Waals surface area contributed by atoms with Gasteiger partial charge in [-0.2, -0.15) is 0 Å². The first-order chi connectivity index (χ1) is 26.1. The molecule has 0 spiro atoms. The average Bonchev–Trinajstić information content (AvgIpc) is 3.62. The molecule has 1 aliphatic heterocycles. The van der Waals surface area contributed by atoms with Crippen LogP contribution in [0.3, 0.4) is 0 Å². The maximum atomic E-state index is 6.61. The zero-order chi connectivity index (χ0) is 35.7. The molecule has 9 rings (SSSR count). The first-order valence-corrected chi connectivity index (χ1v) is 18.8. The van der Waals surface area contributed by atoms with Gasteiger partial charge in [0, 0.05) is 28.0 Å². The molecule has 0 bridgehead atoms. The van der Waals surface area contributed by atoms with Crippen molar-refractivity contribution in [1.82, 2.24) is 0 Å². The van der Waals surface area contributed by atoms with Gasteiger partial charge >= 0.3 is 0 Å². The minimum absolute atomic E-state index is 0.193. The van der Waals surface area contributed by atoms with Crippen LogP contribution in [0, 0.1) is 5.92 Å². The smallest absolute Gasteiger partial charge is 0.136 e. The van der Waals surface area contributed by atoms with Crippen molar-refractivity contribution in [2.75, 3.05) is 0 Å². The zero-order valence-corrected chi connectivity index (χ0v) is 30.2. The highest BCUT2D eigenvalue weighted by atomic mass is 16.3. The summed E-state index contributed by atoms with van der Waals surface area (Å²) in [6.45, 7) is 4.62. The summed E-state index contributed by atoms with van der Waals surface area (Å²) in [4.78, 5) is 5.70. The number of hydrogen-bond acceptors (Lipinski definition) is 2. The number of nitrogens with zero attached hydrogens (tertiary/aromatic N) is 1. The molecule has 1 aromatic heterocycles. The van der Waals surface area contributed by atoms with Crippen LogP contribution in [0.15, 0.2) is 185 Å². The van der Waals surface area contributed by atoms with E-state index in [1.807, 2.05) is 0 Å². The van der Waals surface area contributed by atoms with Gasteiger partial charge in [0.2, 0.25) is 0 Å². The van der Waals surface area contributed by atoms with Gasteiger partial charge in [-0.25, -0.2) is 0 Å². The molecule has 0 radical (unpaired) electrons. The molecule has 0 saturated heterocycles. The molecular formula is C51H41NO. The van der Waals surface area contributed by atoms with Crippen LogP contribution >= 0.6 is 0 Å². The first-order valence-electron chi connectivity index (χ1n) is 18.8. The molecule has 0 fully saturated rings. The molecule has 2 heteroatoms. The van der Waals surface area contributed by atoms with Crippen LogP contribution in [0.2, 0.25) is 0 Å². The van der Waals surface area contributed by atoms with Gasteiger partial charge in [-0.05, 0) is 106 Å². The van der Waals surface area contributed by atoms with E-state index < -0.39 is 0 Å². The van der Waals surface area contributed by atoms with Crippen molar-refractivity contribution < 1.29 is 4.42 Å². The Labute approximate surface area is 311 Å². The number of aliphatic imine (C=N–C) groups is 1. The maximum absolute atomic E-state index is 6.61. The van der Waals surface area contributed by atoms with Crippen molar-refractivity contribution in [3.63, 3.8) is 0 Å². The molecule has 2 heterocycles. The molecule has 0 aliphatic carbocycles. The Morgan fingerprint density at radius 1 is 0.547 bits per heavy atom. The van der Waals surface area contributed by atoms with Crippen LogP contribution in [0.1, 0.15) is 49.8 Å². The lowest BCUT2D eigenvalue weighted by Gasteiger charge is -2.20. The number of allylic oxidation sites excluding steroid dienone is 3. The second kappa shape index (κ2) is 14.1. The third-order valence-electron chi connectivity index (χ3n) is 10.9. The van der Waals surface area contributed by atoms with E-state index in [-0.39, 0.29) is 5.92 Å². The fraction of sp³-hybridized carbons (Fsp3) is 0.118. The normalized spacial score (nSPS) is 16.2. The highest BCUT2D eigenvalue weighted by Gasteiger charge is 2.22. The van der Waals surface area contributed by atoms with E-state index in [0.29, 0.717) is 0 Å². The Morgan fingerprint density at radius 3 is 1.87 bits per heavy atom. The molecule has 0 saturated carbocycles. The van der Waals surface area contributed by atoms with Gasteiger partial charge in [0.05, 0.1) is 5.70 Å². The molecule has 1 aliphatic rings. The van der Waals surface area contributed by atoms with Crippen LogP contribution in [-0.4, -0.2) is 5.71 Å². The highest BCUT2D eigenvalue weighted by molar-refractivity contribution is 6.13. The second-order valence-corrected chi connectivity index (χ2v) is 14.2. The average molecular weight is 684 g/mol. The molecular weight excluding hydrogens is 643 g/mol. The standard InChI is InChI=1S/C51H41NO/c1-3-35-32-47(44-20-13-21-48-51(44)45-28-27-41(33-49(45)53-48)37-16-9-5-10-17-37)52-46(29-22-34(2)50(35)39-18-11-6-12-19-39)42-26-24-38-23-25-40(30-43(38)31-42)36-14-7-4-8-15-36/h4-21,23-28,30-33,35H,3,22,29H2,1-2H3/b47-32-,50-34?,52-46?. The molecule has 2 nitrogen and oxygen atoms in total. The van der Waals surface area contributed by atoms with E-state index >= 15 is 0 Å². The molecule has 7 aromatic carbocycles. The number of rotatable bonds is 6. The third-order valence-corrected chi connectivity index (χ3v) is 10.9. The molecule has 53 heavy (non-hydrogen) atoms. The van der Waals surface area contributed by atoms with Crippen LogP contribution in [0.25, 0.3) is 66.2 Å². The summed E-state index contributed by atoms with van der Waals surface area (Å²) in [5.74, 6) is 0.193. The number of furan rings is 1. The van der Waals surface area contributed by atoms with Gasteiger partial charge in [-0.15, -0.1) is 0 Å². The van der Waals surface area contributed by atoms with Gasteiger partial charge < -0.3 is 4.42 Å². The van der Waals surface area contributed by atoms with Gasteiger partial charge in [0.15, 0.2) is 0 Å². The number of hydrogen-bond donors (Lipinski definition) is 0. The summed E-state index contributed by atoms with van der Waals surface area (Å²) in [7, 11) is 0. The van der Waals surface area contributed by atoms with Gasteiger partial charge in [-0.3, -0.25) is 4.99 Å². The van der Waals surface area contributed by atoms with Crippen LogP contribution in [-0.2, 0) is 0 Å². The second-order valence-electron chi connectivity index (χ2n) is 14.2. The SMILES string of the molecule is CCC1/C=C(/c2cccc3oc4cc(-c5ccccc5)ccc4c23)N=C(c2ccc3ccc(-c4ccccc4)cc3c2)CCC(C)=C1c1ccccc1. The van der Waals surface area contributed by atoms with Crippen molar-refractivity contribution >= 4 is 49.7 Å². The lowest BCUT2D eigenvalue weighted by Crippen LogP contribution is -2.03. The van der Waals surface area contributed by atoms with Crippen molar-refractivity contribution in [1.29, 1.82) is 0 Å². The number of benzene rings is 7. The highest BCUT2D eigenvalue weighted by Crippen LogP contribution is 2.41. The summed E-state index contributed by atoms with van der Waals surface area (Å²) in [6.07, 6.45) is 5.17. The summed E-state index contributed by atoms with van der Waals surface area (Å²) in [6, 6.07) is 58.7. The fourth-order valence-corrected chi connectivity index (χ4v) is 8.11. The van der Waals surface area contributed by atoms with Gasteiger partial charge in [-0.1, -0.05) is 152 Å². The summed E-state index contributed by atoms with van der Waals surface area (Å²) in [5, 5.41) is 4.66. The van der Waals surface area contributed by atoms with E-state index in [9.17, 15) is 0 Å². The largest absolute Gasteiger partial charge is 0.456 e. The van der Waals surface area contributed by atoms with Crippen LogP contribution in [0.4, 0.5) is 0 Å². The first kappa shape index (κ1) is 32.6. The number of fused-ring (bicyclic) bond motifs is 4. The summed E-state index contributed by atoms with van der Waals surface area (Å²) in [5.41, 5.74) is 15.0. The predicted molar refractivity (Wildman–Crippen MR) is 225 cm³/mol. The van der Waals surface area contributed by atoms with Crippen molar-refractivity contribution in [2.24, 2.45) is 10.9 Å². The Bertz CT molecular complexity index is 2700. The van der Waals surface area contributed by atoms with Crippen LogP contribution in [0.5, 0.6) is 0 Å². The zero-order valence-electron chi connectivity index (χ0n) is 30.2. The molecule has 1 atom stereocenters. The van der Waals surface area contributed by atoms with E-state index in [1.165, 1.54) is 44.2 Å². The molecule has 0 N–H and O–H groups in total. The molecule has 256 valence electrons. The Morgan fingerprint density at radius 2 is 1.17 bits per heavy atom. The topological polar surface area (TPSA) is 25.5 Å². The van der Waals surface area contributed by atoms with Crippen LogP contribution < -0.4 is 0 Å². The van der Waals surface area contributed by atoms with Crippen molar-refractivity contribution in [3.05, 3.63) is 192 Å². The van der Waals surface area contributed by atoms with E-state index in [0.717, 1.165) is 69.3 Å². The maximum Gasteiger partial charge on any atom is 0.136 e. The minimum atomic E-state index is 0.193.